The van der Waals surface area contributed by atoms with Crippen LogP contribution in [-0.4, -0.2) is 22.8 Å². The number of hydrogen-bond acceptors (Lipinski definition) is 3. The van der Waals surface area contributed by atoms with E-state index in [1.54, 1.807) is 23.1 Å². The van der Waals surface area contributed by atoms with E-state index in [2.05, 4.69) is 32.2 Å². The summed E-state index contributed by atoms with van der Waals surface area (Å²) in [4.78, 5) is 5.47. The van der Waals surface area contributed by atoms with Gasteiger partial charge in [-0.05, 0) is 11.4 Å². The normalized spacial score (nSPS) is 11.6. The van der Waals surface area contributed by atoms with Crippen molar-refractivity contribution in [1.82, 2.24) is 20.4 Å². The van der Waals surface area contributed by atoms with Crippen LogP contribution in [0.2, 0.25) is 0 Å². The predicted octanol–water partition coefficient (Wildman–Crippen LogP) is 1.35. The largest absolute Gasteiger partial charge is 0.352 e. The number of aryl methyl sites for hydroxylation is 1. The number of rotatable bonds is 4. The van der Waals surface area contributed by atoms with Crippen LogP contribution in [0.15, 0.2) is 34.9 Å². The van der Waals surface area contributed by atoms with Crippen molar-refractivity contribution in [1.29, 1.82) is 0 Å². The van der Waals surface area contributed by atoms with Gasteiger partial charge < -0.3 is 10.6 Å². The summed E-state index contributed by atoms with van der Waals surface area (Å²) >= 11 is 1.73. The Bertz CT molecular complexity index is 500. The summed E-state index contributed by atoms with van der Waals surface area (Å²) in [6.07, 6.45) is 3.83. The molecule has 0 bridgehead atoms. The predicted molar refractivity (Wildman–Crippen MR) is 74.6 cm³/mol. The van der Waals surface area contributed by atoms with Crippen LogP contribution in [0.4, 0.5) is 0 Å². The smallest absolute Gasteiger partial charge is 0.191 e. The van der Waals surface area contributed by atoms with Crippen molar-refractivity contribution in [3.05, 3.63) is 40.3 Å². The van der Waals surface area contributed by atoms with E-state index in [4.69, 9.17) is 0 Å². The Kier molecular flexibility index (Phi) is 4.35. The van der Waals surface area contributed by atoms with E-state index in [9.17, 15) is 0 Å². The van der Waals surface area contributed by atoms with Gasteiger partial charge in [-0.25, -0.2) is 0 Å². The maximum absolute atomic E-state index is 4.18. The number of guanidine groups is 1. The number of hydrogen-bond donors (Lipinski definition) is 2. The highest BCUT2D eigenvalue weighted by molar-refractivity contribution is 7.09. The standard InChI is InChI=1S/C12H17N5S/c1-13-12(15-8-11-4-3-5-18-11)14-6-10-7-16-17(2)9-10/h3-5,7,9H,6,8H2,1-2H3,(H2,13,14,15). The first-order chi connectivity index (χ1) is 8.78. The molecule has 0 saturated heterocycles. The molecule has 0 aliphatic carbocycles. The van der Waals surface area contributed by atoms with Crippen LogP contribution >= 0.6 is 11.3 Å². The molecule has 0 spiro atoms. The number of thiophene rings is 1. The molecule has 0 aliphatic heterocycles. The lowest BCUT2D eigenvalue weighted by molar-refractivity contribution is 0.765. The van der Waals surface area contributed by atoms with Crippen molar-refractivity contribution in [2.75, 3.05) is 7.05 Å². The topological polar surface area (TPSA) is 54.2 Å². The molecule has 0 unspecified atom stereocenters. The molecule has 2 rings (SSSR count). The minimum absolute atomic E-state index is 0.720. The highest BCUT2D eigenvalue weighted by Crippen LogP contribution is 2.07. The fourth-order valence-electron chi connectivity index (χ4n) is 1.55. The van der Waals surface area contributed by atoms with Gasteiger partial charge in [-0.15, -0.1) is 11.3 Å². The highest BCUT2D eigenvalue weighted by Gasteiger charge is 2.00. The van der Waals surface area contributed by atoms with Crippen LogP contribution in [0.25, 0.3) is 0 Å². The van der Waals surface area contributed by atoms with Gasteiger partial charge in [-0.3, -0.25) is 9.67 Å². The Morgan fingerprint density at radius 2 is 2.28 bits per heavy atom. The van der Waals surface area contributed by atoms with E-state index in [0.29, 0.717) is 0 Å². The second kappa shape index (κ2) is 6.20. The summed E-state index contributed by atoms with van der Waals surface area (Å²) in [7, 11) is 3.68. The van der Waals surface area contributed by atoms with Crippen LogP contribution in [0.1, 0.15) is 10.4 Å². The van der Waals surface area contributed by atoms with Crippen LogP contribution in [-0.2, 0) is 20.1 Å². The van der Waals surface area contributed by atoms with Crippen LogP contribution in [0, 0.1) is 0 Å². The molecular weight excluding hydrogens is 246 g/mol. The van der Waals surface area contributed by atoms with Gasteiger partial charge >= 0.3 is 0 Å². The Morgan fingerprint density at radius 3 is 2.89 bits per heavy atom. The lowest BCUT2D eigenvalue weighted by atomic mass is 10.4. The van der Waals surface area contributed by atoms with E-state index in [0.717, 1.165) is 24.6 Å². The molecule has 0 atom stereocenters. The third-order valence-corrected chi connectivity index (χ3v) is 3.33. The first-order valence-corrected chi connectivity index (χ1v) is 6.60. The first kappa shape index (κ1) is 12.6. The molecule has 18 heavy (non-hydrogen) atoms. The van der Waals surface area contributed by atoms with Crippen molar-refractivity contribution in [2.45, 2.75) is 13.1 Å². The summed E-state index contributed by atoms with van der Waals surface area (Å²) < 4.78 is 1.79. The Morgan fingerprint density at radius 1 is 1.44 bits per heavy atom. The lowest BCUT2D eigenvalue weighted by Crippen LogP contribution is -2.36. The molecule has 0 aliphatic rings. The average molecular weight is 263 g/mol. The SMILES string of the molecule is CN=C(NCc1cnn(C)c1)NCc1cccs1. The highest BCUT2D eigenvalue weighted by atomic mass is 32.1. The molecule has 0 saturated carbocycles. The molecule has 0 radical (unpaired) electrons. The second-order valence-corrected chi connectivity index (χ2v) is 4.91. The van der Waals surface area contributed by atoms with E-state index >= 15 is 0 Å². The van der Waals surface area contributed by atoms with Crippen molar-refractivity contribution in [2.24, 2.45) is 12.0 Å². The van der Waals surface area contributed by atoms with Gasteiger partial charge in [0.2, 0.25) is 0 Å². The molecule has 96 valence electrons. The van der Waals surface area contributed by atoms with Gasteiger partial charge in [-0.2, -0.15) is 5.10 Å². The molecular formula is C12H17N5S. The second-order valence-electron chi connectivity index (χ2n) is 3.88. The minimum atomic E-state index is 0.720. The fourth-order valence-corrected chi connectivity index (χ4v) is 2.20. The van der Waals surface area contributed by atoms with E-state index in [1.165, 1.54) is 4.88 Å². The van der Waals surface area contributed by atoms with E-state index in [-0.39, 0.29) is 0 Å². The maximum Gasteiger partial charge on any atom is 0.191 e. The summed E-state index contributed by atoms with van der Waals surface area (Å²) in [5, 5.41) is 12.7. The van der Waals surface area contributed by atoms with Crippen LogP contribution in [0.5, 0.6) is 0 Å². The fraction of sp³-hybridized carbons (Fsp3) is 0.333. The van der Waals surface area contributed by atoms with Gasteiger partial charge in [0.15, 0.2) is 5.96 Å². The van der Waals surface area contributed by atoms with Gasteiger partial charge in [-0.1, -0.05) is 6.07 Å². The number of aromatic nitrogens is 2. The van der Waals surface area contributed by atoms with Crippen molar-refractivity contribution in [3.8, 4) is 0 Å². The third kappa shape index (κ3) is 3.59. The molecule has 6 heteroatoms. The zero-order valence-electron chi connectivity index (χ0n) is 10.6. The van der Waals surface area contributed by atoms with Gasteiger partial charge in [0.05, 0.1) is 12.7 Å². The number of nitrogens with one attached hydrogen (secondary N) is 2. The number of nitrogens with zero attached hydrogens (tertiary/aromatic N) is 3. The minimum Gasteiger partial charge on any atom is -0.352 e. The molecule has 2 aromatic rings. The molecule has 2 heterocycles. The van der Waals surface area contributed by atoms with E-state index < -0.39 is 0 Å². The maximum atomic E-state index is 4.18. The van der Waals surface area contributed by atoms with Crippen molar-refractivity contribution >= 4 is 17.3 Å². The van der Waals surface area contributed by atoms with Crippen molar-refractivity contribution in [3.63, 3.8) is 0 Å². The van der Waals surface area contributed by atoms with Crippen LogP contribution in [0.3, 0.4) is 0 Å². The zero-order chi connectivity index (χ0) is 12.8. The zero-order valence-corrected chi connectivity index (χ0v) is 11.4. The summed E-state index contributed by atoms with van der Waals surface area (Å²) in [6, 6.07) is 4.15. The van der Waals surface area contributed by atoms with Gasteiger partial charge in [0.1, 0.15) is 0 Å². The molecule has 2 N–H and O–H groups in total. The van der Waals surface area contributed by atoms with E-state index in [1.807, 2.05) is 25.5 Å². The molecule has 0 aromatic carbocycles. The molecule has 5 nitrogen and oxygen atoms in total. The Balaban J connectivity index is 1.79. The monoisotopic (exact) mass is 263 g/mol. The third-order valence-electron chi connectivity index (χ3n) is 2.45. The summed E-state index contributed by atoms with van der Waals surface area (Å²) in [6.45, 7) is 1.52. The first-order valence-electron chi connectivity index (χ1n) is 5.72. The summed E-state index contributed by atoms with van der Waals surface area (Å²) in [5.74, 6) is 0.798. The average Bonchev–Trinajstić information content (AvgIpc) is 3.01. The van der Waals surface area contributed by atoms with Gasteiger partial charge in [0, 0.05) is 37.3 Å². The summed E-state index contributed by atoms with van der Waals surface area (Å²) in [5.41, 5.74) is 1.14. The van der Waals surface area contributed by atoms with Crippen LogP contribution < -0.4 is 10.6 Å². The molecule has 2 aromatic heterocycles. The quantitative estimate of drug-likeness (QED) is 0.646. The molecule has 0 amide bonds. The Hall–Kier alpha value is -1.82. The van der Waals surface area contributed by atoms with Crippen molar-refractivity contribution < 1.29 is 0 Å². The number of aliphatic imine (C=N–C) groups is 1. The van der Waals surface area contributed by atoms with Gasteiger partial charge in [0.25, 0.3) is 0 Å². The Labute approximate surface area is 111 Å². The lowest BCUT2D eigenvalue weighted by Gasteiger charge is -2.10. The molecule has 0 fully saturated rings.